The van der Waals surface area contributed by atoms with Crippen molar-refractivity contribution in [3.8, 4) is 5.75 Å². The number of hydrogen-bond donors (Lipinski definition) is 1. The maximum atomic E-state index is 6.08. The van der Waals surface area contributed by atoms with E-state index >= 15 is 0 Å². The first kappa shape index (κ1) is 13.9. The molecule has 2 N–H and O–H groups in total. The van der Waals surface area contributed by atoms with Gasteiger partial charge in [0.15, 0.2) is 0 Å². The van der Waals surface area contributed by atoms with Crippen LogP contribution in [-0.2, 0) is 6.54 Å². The van der Waals surface area contributed by atoms with Crippen LogP contribution < -0.4 is 10.5 Å². The molecule has 3 rings (SSSR count). The van der Waals surface area contributed by atoms with Crippen LogP contribution in [0.5, 0.6) is 5.75 Å². The van der Waals surface area contributed by atoms with Gasteiger partial charge in [0.2, 0.25) is 5.95 Å². The number of nitrogens with zero attached hydrogens (tertiary/aromatic N) is 2. The fraction of sp³-hybridized carbons (Fsp3) is 0.188. The van der Waals surface area contributed by atoms with Crippen LogP contribution >= 0.6 is 15.9 Å². The van der Waals surface area contributed by atoms with Gasteiger partial charge in [-0.25, -0.2) is 4.98 Å². The largest absolute Gasteiger partial charge is 0.492 e. The molecule has 0 radical (unpaired) electrons. The van der Waals surface area contributed by atoms with Crippen molar-refractivity contribution < 1.29 is 4.74 Å². The monoisotopic (exact) mass is 345 g/mol. The second-order valence-electron chi connectivity index (χ2n) is 4.74. The van der Waals surface area contributed by atoms with Gasteiger partial charge in [-0.3, -0.25) is 0 Å². The Morgan fingerprint density at radius 3 is 2.67 bits per heavy atom. The smallest absolute Gasteiger partial charge is 0.201 e. The Hall–Kier alpha value is -2.01. The molecule has 0 aliphatic rings. The number of nitrogens with two attached hydrogens (primary N) is 1. The average Bonchev–Trinajstić information content (AvgIpc) is 2.79. The zero-order chi connectivity index (χ0) is 14.8. The van der Waals surface area contributed by atoms with Gasteiger partial charge in [-0.2, -0.15) is 0 Å². The highest BCUT2D eigenvalue weighted by Gasteiger charge is 2.12. The Morgan fingerprint density at radius 1 is 1.19 bits per heavy atom. The van der Waals surface area contributed by atoms with Crippen molar-refractivity contribution in [2.75, 3.05) is 12.3 Å². The molecule has 0 aliphatic carbocycles. The fourth-order valence-corrected chi connectivity index (χ4v) is 2.61. The average molecular weight is 346 g/mol. The number of imidazole rings is 1. The highest BCUT2D eigenvalue weighted by atomic mass is 79.9. The van der Waals surface area contributed by atoms with Gasteiger partial charge in [-0.1, -0.05) is 34.1 Å². The van der Waals surface area contributed by atoms with Gasteiger partial charge in [0, 0.05) is 4.47 Å². The second-order valence-corrected chi connectivity index (χ2v) is 5.66. The summed E-state index contributed by atoms with van der Waals surface area (Å²) in [6, 6.07) is 14.1. The minimum absolute atomic E-state index is 0.500. The van der Waals surface area contributed by atoms with Gasteiger partial charge >= 0.3 is 0 Å². The van der Waals surface area contributed by atoms with Crippen LogP contribution in [0.25, 0.3) is 11.0 Å². The van der Waals surface area contributed by atoms with Gasteiger partial charge < -0.3 is 15.0 Å². The van der Waals surface area contributed by atoms with Crippen molar-refractivity contribution in [2.45, 2.75) is 13.5 Å². The quantitative estimate of drug-likeness (QED) is 0.781. The number of rotatable bonds is 4. The van der Waals surface area contributed by atoms with Crippen LogP contribution in [-0.4, -0.2) is 16.2 Å². The molecule has 0 bridgehead atoms. The number of hydrogen-bond acceptors (Lipinski definition) is 3. The van der Waals surface area contributed by atoms with Crippen LogP contribution in [0, 0.1) is 0 Å². The summed E-state index contributed by atoms with van der Waals surface area (Å²) in [6.07, 6.45) is 0. The summed E-state index contributed by atoms with van der Waals surface area (Å²) < 4.78 is 8.68. The summed E-state index contributed by atoms with van der Waals surface area (Å²) in [7, 11) is 0. The third-order valence-electron chi connectivity index (χ3n) is 3.33. The van der Waals surface area contributed by atoms with Gasteiger partial charge in [0.1, 0.15) is 11.3 Å². The van der Waals surface area contributed by atoms with E-state index in [0.29, 0.717) is 19.1 Å². The van der Waals surface area contributed by atoms with E-state index < -0.39 is 0 Å². The molecule has 0 amide bonds. The Morgan fingerprint density at radius 2 is 1.95 bits per heavy atom. The molecule has 21 heavy (non-hydrogen) atoms. The van der Waals surface area contributed by atoms with E-state index in [1.54, 1.807) is 0 Å². The Bertz CT molecular complexity index is 765. The molecule has 4 nitrogen and oxygen atoms in total. The molecule has 1 aromatic heterocycles. The van der Waals surface area contributed by atoms with Crippen LogP contribution in [0.3, 0.4) is 0 Å². The minimum atomic E-state index is 0.500. The first-order valence-corrected chi connectivity index (χ1v) is 7.60. The van der Waals surface area contributed by atoms with Crippen LogP contribution in [0.2, 0.25) is 0 Å². The maximum Gasteiger partial charge on any atom is 0.201 e. The number of fused-ring (bicyclic) bond motifs is 1. The number of para-hydroxylation sites is 1. The SMILES string of the molecule is CCOc1cccc2c1nc(N)n2Cc1ccc(Br)cc1. The molecule has 3 aromatic rings. The highest BCUT2D eigenvalue weighted by Crippen LogP contribution is 2.27. The molecule has 2 aromatic carbocycles. The van der Waals surface area contributed by atoms with Crippen molar-refractivity contribution in [1.29, 1.82) is 0 Å². The van der Waals surface area contributed by atoms with Crippen LogP contribution in [0.1, 0.15) is 12.5 Å². The first-order chi connectivity index (χ1) is 10.2. The Labute approximate surface area is 131 Å². The van der Waals surface area contributed by atoms with Crippen LogP contribution in [0.4, 0.5) is 5.95 Å². The Kier molecular flexibility index (Phi) is 3.84. The zero-order valence-electron chi connectivity index (χ0n) is 11.7. The third-order valence-corrected chi connectivity index (χ3v) is 3.85. The minimum Gasteiger partial charge on any atom is -0.492 e. The number of halogens is 1. The lowest BCUT2D eigenvalue weighted by atomic mass is 10.2. The second kappa shape index (κ2) is 5.77. The first-order valence-electron chi connectivity index (χ1n) is 6.81. The molecule has 1 heterocycles. The highest BCUT2D eigenvalue weighted by molar-refractivity contribution is 9.10. The van der Waals surface area contributed by atoms with E-state index in [4.69, 9.17) is 10.5 Å². The van der Waals surface area contributed by atoms with E-state index in [-0.39, 0.29) is 0 Å². The standard InChI is InChI=1S/C16H16BrN3O/c1-2-21-14-5-3-4-13-15(14)19-16(18)20(13)10-11-6-8-12(17)9-7-11/h3-9H,2,10H2,1H3,(H2,18,19). The summed E-state index contributed by atoms with van der Waals surface area (Å²) in [4.78, 5) is 4.45. The van der Waals surface area contributed by atoms with Gasteiger partial charge in [0.05, 0.1) is 18.7 Å². The van der Waals surface area contributed by atoms with Crippen molar-refractivity contribution in [3.63, 3.8) is 0 Å². The normalized spacial score (nSPS) is 11.0. The third kappa shape index (κ3) is 2.74. The topological polar surface area (TPSA) is 53.1 Å². The summed E-state index contributed by atoms with van der Waals surface area (Å²) >= 11 is 3.44. The van der Waals surface area contributed by atoms with E-state index in [1.165, 1.54) is 5.56 Å². The summed E-state index contributed by atoms with van der Waals surface area (Å²) in [6.45, 7) is 3.25. The van der Waals surface area contributed by atoms with Crippen LogP contribution in [0.15, 0.2) is 46.9 Å². The number of anilines is 1. The summed E-state index contributed by atoms with van der Waals surface area (Å²) in [5.41, 5.74) is 9.06. The Balaban J connectivity index is 2.04. The number of ether oxygens (including phenoxy) is 1. The molecule has 0 saturated carbocycles. The molecule has 108 valence electrons. The lowest BCUT2D eigenvalue weighted by molar-refractivity contribution is 0.343. The molecule has 0 fully saturated rings. The molecule has 5 heteroatoms. The molecule has 0 unspecified atom stereocenters. The van der Waals surface area contributed by atoms with Crippen molar-refractivity contribution in [1.82, 2.24) is 9.55 Å². The van der Waals surface area contributed by atoms with Crippen molar-refractivity contribution >= 4 is 32.9 Å². The summed E-state index contributed by atoms with van der Waals surface area (Å²) in [5, 5.41) is 0. The molecule has 0 aliphatic heterocycles. The maximum absolute atomic E-state index is 6.08. The number of benzene rings is 2. The molecule has 0 spiro atoms. The fourth-order valence-electron chi connectivity index (χ4n) is 2.35. The van der Waals surface area contributed by atoms with E-state index in [2.05, 4.69) is 33.0 Å². The molecule has 0 saturated heterocycles. The molecule has 0 atom stereocenters. The lowest BCUT2D eigenvalue weighted by Crippen LogP contribution is -2.04. The van der Waals surface area contributed by atoms with Crippen molar-refractivity contribution in [2.24, 2.45) is 0 Å². The van der Waals surface area contributed by atoms with Gasteiger partial charge in [0.25, 0.3) is 0 Å². The molecular weight excluding hydrogens is 330 g/mol. The van der Waals surface area contributed by atoms with E-state index in [9.17, 15) is 0 Å². The lowest BCUT2D eigenvalue weighted by Gasteiger charge is -2.08. The van der Waals surface area contributed by atoms with E-state index in [0.717, 1.165) is 21.3 Å². The molecular formula is C16H16BrN3O. The van der Waals surface area contributed by atoms with E-state index in [1.807, 2.05) is 41.8 Å². The van der Waals surface area contributed by atoms with Gasteiger partial charge in [-0.15, -0.1) is 0 Å². The summed E-state index contributed by atoms with van der Waals surface area (Å²) in [5.74, 6) is 1.27. The van der Waals surface area contributed by atoms with Gasteiger partial charge in [-0.05, 0) is 36.8 Å². The van der Waals surface area contributed by atoms with Crippen molar-refractivity contribution in [3.05, 3.63) is 52.5 Å². The number of aromatic nitrogens is 2. The predicted molar refractivity (Wildman–Crippen MR) is 88.6 cm³/mol. The zero-order valence-corrected chi connectivity index (χ0v) is 13.3. The number of nitrogen functional groups attached to an aromatic ring is 1. The predicted octanol–water partition coefficient (Wildman–Crippen LogP) is 3.83.